The number of halogens is 1. The molecule has 0 bridgehead atoms. The molecule has 5 rings (SSSR count). The minimum Gasteiger partial charge on any atom is -0.396 e. The van der Waals surface area contributed by atoms with Crippen molar-refractivity contribution in [1.29, 1.82) is 0 Å². The zero-order valence-electron chi connectivity index (χ0n) is 20.1. The molecular weight excluding hydrogens is 461 g/mol. The predicted molar refractivity (Wildman–Crippen MR) is 134 cm³/mol. The van der Waals surface area contributed by atoms with Gasteiger partial charge in [-0.3, -0.25) is 24.3 Å². The molecule has 1 aliphatic heterocycles. The Hall–Kier alpha value is -4.14. The number of nitrogens with one attached hydrogen (secondary N) is 1. The fourth-order valence-electron chi connectivity index (χ4n) is 5.19. The van der Waals surface area contributed by atoms with Gasteiger partial charge >= 0.3 is 0 Å². The highest BCUT2D eigenvalue weighted by Crippen LogP contribution is 2.46. The van der Waals surface area contributed by atoms with Crippen molar-refractivity contribution in [2.24, 2.45) is 5.41 Å². The molecule has 1 saturated carbocycles. The molecule has 1 saturated heterocycles. The zero-order valence-corrected chi connectivity index (χ0v) is 20.1. The minimum atomic E-state index is -0.626. The van der Waals surface area contributed by atoms with Crippen molar-refractivity contribution < 1.29 is 18.8 Å². The van der Waals surface area contributed by atoms with Gasteiger partial charge in [0.25, 0.3) is 0 Å². The van der Waals surface area contributed by atoms with Gasteiger partial charge in [-0.2, -0.15) is 0 Å². The summed E-state index contributed by atoms with van der Waals surface area (Å²) in [4.78, 5) is 46.7. The number of imide groups is 1. The largest absolute Gasteiger partial charge is 0.396 e. The van der Waals surface area contributed by atoms with Gasteiger partial charge in [0.05, 0.1) is 11.1 Å². The van der Waals surface area contributed by atoms with E-state index in [0.717, 1.165) is 11.1 Å². The number of aromatic nitrogens is 2. The Morgan fingerprint density at radius 1 is 1.19 bits per heavy atom. The van der Waals surface area contributed by atoms with Gasteiger partial charge in [0.2, 0.25) is 17.7 Å². The first-order chi connectivity index (χ1) is 17.2. The number of benzene rings is 1. The highest BCUT2D eigenvalue weighted by atomic mass is 19.1. The Balaban J connectivity index is 1.35. The fraction of sp³-hybridized carbons (Fsp3) is 0.296. The molecule has 9 heteroatoms. The third kappa shape index (κ3) is 4.00. The molecule has 0 unspecified atom stereocenters. The van der Waals surface area contributed by atoms with E-state index < -0.39 is 11.2 Å². The van der Waals surface area contributed by atoms with Crippen LogP contribution in [0.15, 0.2) is 48.4 Å². The van der Waals surface area contributed by atoms with Gasteiger partial charge < -0.3 is 11.1 Å². The van der Waals surface area contributed by atoms with Crippen molar-refractivity contribution in [3.05, 3.63) is 59.8 Å². The van der Waals surface area contributed by atoms with E-state index in [4.69, 9.17) is 5.73 Å². The van der Waals surface area contributed by atoms with Crippen LogP contribution in [0.1, 0.15) is 37.7 Å². The first kappa shape index (κ1) is 23.6. The van der Waals surface area contributed by atoms with Crippen molar-refractivity contribution >= 4 is 40.0 Å². The number of hydrogen-bond donors (Lipinski definition) is 2. The highest BCUT2D eigenvalue weighted by molar-refractivity contribution is 6.06. The van der Waals surface area contributed by atoms with Crippen LogP contribution >= 0.6 is 0 Å². The number of nitrogen functional groups attached to an aromatic ring is 1. The molecule has 8 nitrogen and oxygen atoms in total. The standard InChI is InChI=1S/C27H26FN5O3/c1-15-5-8-30-13-19(15)18-10-17-11-21(31-14-20(17)25(29)24(18)28)32-22(34)9-16-3-6-27(7-4-16)12-23(35)33(2)26(27)36/h5,8-11,13-14H,3-4,6-7,12,29H2,1-2H3,(H,31,32,34). The summed E-state index contributed by atoms with van der Waals surface area (Å²) in [6, 6.07) is 5.14. The summed E-state index contributed by atoms with van der Waals surface area (Å²) in [6.45, 7) is 1.87. The highest BCUT2D eigenvalue weighted by Gasteiger charge is 2.50. The molecule has 2 aliphatic rings. The molecule has 3 heterocycles. The number of anilines is 2. The number of fused-ring (bicyclic) bond motifs is 1. The Morgan fingerprint density at radius 3 is 2.61 bits per heavy atom. The number of carbonyl (C=O) groups excluding carboxylic acids is 3. The van der Waals surface area contributed by atoms with Crippen LogP contribution in [0.25, 0.3) is 21.9 Å². The van der Waals surface area contributed by atoms with E-state index in [2.05, 4.69) is 15.3 Å². The van der Waals surface area contributed by atoms with E-state index in [9.17, 15) is 14.4 Å². The molecule has 3 aromatic rings. The fourth-order valence-corrected chi connectivity index (χ4v) is 5.19. The smallest absolute Gasteiger partial charge is 0.249 e. The molecule has 0 radical (unpaired) electrons. The van der Waals surface area contributed by atoms with E-state index >= 15 is 4.39 Å². The van der Waals surface area contributed by atoms with Crippen molar-refractivity contribution in [2.45, 2.75) is 39.0 Å². The van der Waals surface area contributed by atoms with E-state index in [1.807, 2.05) is 6.92 Å². The van der Waals surface area contributed by atoms with Gasteiger partial charge in [-0.25, -0.2) is 9.37 Å². The first-order valence-electron chi connectivity index (χ1n) is 11.8. The molecular formula is C27H26FN5O3. The summed E-state index contributed by atoms with van der Waals surface area (Å²) in [6.07, 6.45) is 8.72. The average Bonchev–Trinajstić information content (AvgIpc) is 3.06. The Morgan fingerprint density at radius 2 is 1.94 bits per heavy atom. The van der Waals surface area contributed by atoms with Crippen LogP contribution in [0.2, 0.25) is 0 Å². The summed E-state index contributed by atoms with van der Waals surface area (Å²) in [7, 11) is 1.53. The molecule has 1 aliphatic carbocycles. The van der Waals surface area contributed by atoms with Crippen molar-refractivity contribution in [1.82, 2.24) is 14.9 Å². The lowest BCUT2D eigenvalue weighted by atomic mass is 9.71. The van der Waals surface area contributed by atoms with Gasteiger partial charge in [0, 0.05) is 54.6 Å². The van der Waals surface area contributed by atoms with Crippen LogP contribution in [-0.4, -0.2) is 39.6 Å². The second-order valence-electron chi connectivity index (χ2n) is 9.64. The van der Waals surface area contributed by atoms with E-state index in [1.165, 1.54) is 24.2 Å². The van der Waals surface area contributed by atoms with Crippen LogP contribution in [0.5, 0.6) is 0 Å². The number of rotatable bonds is 3. The number of hydrogen-bond acceptors (Lipinski definition) is 6. The number of aryl methyl sites for hydroxylation is 1. The predicted octanol–water partition coefficient (Wildman–Crippen LogP) is 4.14. The summed E-state index contributed by atoms with van der Waals surface area (Å²) in [5.74, 6) is -0.819. The van der Waals surface area contributed by atoms with Gasteiger partial charge in [-0.05, 0) is 61.8 Å². The Kier molecular flexibility index (Phi) is 5.78. The third-order valence-corrected chi connectivity index (χ3v) is 7.39. The molecule has 36 heavy (non-hydrogen) atoms. The molecule has 3 amide bonds. The van der Waals surface area contributed by atoms with Gasteiger partial charge in [0.15, 0.2) is 5.82 Å². The summed E-state index contributed by atoms with van der Waals surface area (Å²) in [5.41, 5.74) is 8.20. The normalized spacial score (nSPS) is 19.9. The number of pyridine rings is 2. The maximum atomic E-state index is 15.0. The van der Waals surface area contributed by atoms with E-state index in [1.54, 1.807) is 30.6 Å². The van der Waals surface area contributed by atoms with Crippen molar-refractivity contribution in [3.8, 4) is 11.1 Å². The Bertz CT molecular complexity index is 1460. The molecule has 1 spiro atoms. The van der Waals surface area contributed by atoms with E-state index in [0.29, 0.717) is 53.4 Å². The molecule has 0 atom stereocenters. The second kappa shape index (κ2) is 8.82. The number of nitrogens with two attached hydrogens (primary N) is 1. The summed E-state index contributed by atoms with van der Waals surface area (Å²) >= 11 is 0. The molecule has 2 aromatic heterocycles. The quantitative estimate of drug-likeness (QED) is 0.326. The molecule has 1 aromatic carbocycles. The monoisotopic (exact) mass is 487 g/mol. The molecule has 184 valence electrons. The maximum Gasteiger partial charge on any atom is 0.249 e. The SMILES string of the molecule is Cc1ccncc1-c1cc2cc(NC(=O)C=C3CCC4(CC3)CC(=O)N(C)C4=O)ncc2c(N)c1F. The first-order valence-corrected chi connectivity index (χ1v) is 11.8. The number of carbonyl (C=O) groups is 3. The lowest BCUT2D eigenvalue weighted by Gasteiger charge is -2.31. The lowest BCUT2D eigenvalue weighted by molar-refractivity contribution is -0.140. The lowest BCUT2D eigenvalue weighted by Crippen LogP contribution is -2.35. The Labute approximate surface area is 207 Å². The van der Waals surface area contributed by atoms with Crippen LogP contribution in [0, 0.1) is 18.2 Å². The third-order valence-electron chi connectivity index (χ3n) is 7.39. The number of nitrogens with zero attached hydrogens (tertiary/aromatic N) is 3. The minimum absolute atomic E-state index is 0.0139. The van der Waals surface area contributed by atoms with Gasteiger partial charge in [0.1, 0.15) is 5.82 Å². The number of allylic oxidation sites excluding steroid dienone is 1. The van der Waals surface area contributed by atoms with Gasteiger partial charge in [-0.1, -0.05) is 5.57 Å². The van der Waals surface area contributed by atoms with Crippen LogP contribution < -0.4 is 11.1 Å². The van der Waals surface area contributed by atoms with Crippen molar-refractivity contribution in [3.63, 3.8) is 0 Å². The zero-order chi connectivity index (χ0) is 25.6. The maximum absolute atomic E-state index is 15.0. The number of likely N-dealkylation sites (tertiary alicyclic amines) is 1. The van der Waals surface area contributed by atoms with Crippen LogP contribution in [0.4, 0.5) is 15.9 Å². The van der Waals surface area contributed by atoms with E-state index in [-0.39, 0.29) is 29.8 Å². The van der Waals surface area contributed by atoms with Crippen LogP contribution in [0.3, 0.4) is 0 Å². The van der Waals surface area contributed by atoms with Gasteiger partial charge in [-0.15, -0.1) is 0 Å². The van der Waals surface area contributed by atoms with Crippen molar-refractivity contribution in [2.75, 3.05) is 18.1 Å². The summed E-state index contributed by atoms with van der Waals surface area (Å²) in [5, 5.41) is 3.86. The molecule has 2 fully saturated rings. The topological polar surface area (TPSA) is 118 Å². The average molecular weight is 488 g/mol. The summed E-state index contributed by atoms with van der Waals surface area (Å²) < 4.78 is 15.0. The van der Waals surface area contributed by atoms with Crippen LogP contribution in [-0.2, 0) is 14.4 Å². The number of amides is 3. The molecule has 3 N–H and O–H groups in total. The second-order valence-corrected chi connectivity index (χ2v) is 9.64.